The molecular weight excluding hydrogens is 251 g/mol. The largest absolute Gasteiger partial charge is 0.481 e. The van der Waals surface area contributed by atoms with Crippen LogP contribution in [-0.4, -0.2) is 16.1 Å². The molecule has 1 aromatic heterocycles. The molecule has 0 aliphatic carbocycles. The number of carboxylic acid groups (broad SMARTS) is 1. The van der Waals surface area contributed by atoms with Crippen molar-refractivity contribution >= 4 is 29.2 Å². The molecule has 0 aliphatic rings. The summed E-state index contributed by atoms with van der Waals surface area (Å²) in [5.74, 6) is -1.26. The second kappa shape index (κ2) is 4.72. The SMILES string of the molecule is O=C(O)Cc1c(C(F)F)cc(Cl)nc1Cl. The number of hydrogen-bond donors (Lipinski definition) is 1. The van der Waals surface area contributed by atoms with Crippen LogP contribution in [0.15, 0.2) is 6.07 Å². The van der Waals surface area contributed by atoms with Crippen LogP contribution >= 0.6 is 23.2 Å². The molecule has 15 heavy (non-hydrogen) atoms. The fraction of sp³-hybridized carbons (Fsp3) is 0.250. The second-order valence-corrected chi connectivity index (χ2v) is 3.42. The summed E-state index contributed by atoms with van der Waals surface area (Å²) in [6, 6.07) is 0.913. The van der Waals surface area contributed by atoms with Gasteiger partial charge in [0.25, 0.3) is 6.43 Å². The van der Waals surface area contributed by atoms with Crippen molar-refractivity contribution in [3.8, 4) is 0 Å². The maximum Gasteiger partial charge on any atom is 0.307 e. The van der Waals surface area contributed by atoms with E-state index in [4.69, 9.17) is 28.3 Å². The minimum atomic E-state index is -2.84. The van der Waals surface area contributed by atoms with Crippen LogP contribution in [0.2, 0.25) is 10.3 Å². The fourth-order valence-corrected chi connectivity index (χ4v) is 1.56. The number of carboxylic acids is 1. The van der Waals surface area contributed by atoms with Crippen molar-refractivity contribution in [1.82, 2.24) is 4.98 Å². The van der Waals surface area contributed by atoms with Crippen LogP contribution in [0, 0.1) is 0 Å². The van der Waals surface area contributed by atoms with Gasteiger partial charge >= 0.3 is 5.97 Å². The first-order valence-electron chi connectivity index (χ1n) is 3.76. The normalized spacial score (nSPS) is 10.7. The summed E-state index contributed by atoms with van der Waals surface area (Å²) in [7, 11) is 0. The van der Waals surface area contributed by atoms with Gasteiger partial charge in [0.15, 0.2) is 0 Å². The highest BCUT2D eigenvalue weighted by atomic mass is 35.5. The molecule has 0 atom stereocenters. The Balaban J connectivity index is 3.26. The van der Waals surface area contributed by atoms with Gasteiger partial charge in [0, 0.05) is 11.1 Å². The van der Waals surface area contributed by atoms with E-state index in [0.717, 1.165) is 6.07 Å². The van der Waals surface area contributed by atoms with Crippen LogP contribution in [0.4, 0.5) is 8.78 Å². The van der Waals surface area contributed by atoms with Gasteiger partial charge in [0.2, 0.25) is 0 Å². The lowest BCUT2D eigenvalue weighted by atomic mass is 10.1. The minimum absolute atomic E-state index is 0.190. The molecule has 0 spiro atoms. The molecule has 0 radical (unpaired) electrons. The Hall–Kier alpha value is -0.940. The van der Waals surface area contributed by atoms with Gasteiger partial charge in [-0.05, 0) is 6.07 Å². The van der Waals surface area contributed by atoms with E-state index in [2.05, 4.69) is 4.98 Å². The molecule has 7 heteroatoms. The third kappa shape index (κ3) is 3.00. The number of alkyl halides is 2. The molecule has 82 valence electrons. The first-order chi connectivity index (χ1) is 6.91. The number of pyridine rings is 1. The third-order valence-electron chi connectivity index (χ3n) is 1.64. The Bertz CT molecular complexity index is 398. The highest BCUT2D eigenvalue weighted by molar-refractivity contribution is 6.33. The van der Waals surface area contributed by atoms with Gasteiger partial charge in [-0.2, -0.15) is 0 Å². The lowest BCUT2D eigenvalue weighted by Gasteiger charge is -2.08. The molecule has 0 bridgehead atoms. The highest BCUT2D eigenvalue weighted by Gasteiger charge is 2.19. The quantitative estimate of drug-likeness (QED) is 0.846. The zero-order valence-corrected chi connectivity index (χ0v) is 8.69. The van der Waals surface area contributed by atoms with Gasteiger partial charge in [-0.15, -0.1) is 0 Å². The van der Waals surface area contributed by atoms with Crippen molar-refractivity contribution in [2.45, 2.75) is 12.8 Å². The van der Waals surface area contributed by atoms with Crippen molar-refractivity contribution in [1.29, 1.82) is 0 Å². The van der Waals surface area contributed by atoms with E-state index in [1.165, 1.54) is 0 Å². The molecule has 1 heterocycles. The van der Waals surface area contributed by atoms with E-state index in [9.17, 15) is 13.6 Å². The average molecular weight is 256 g/mol. The molecule has 0 aliphatic heterocycles. The van der Waals surface area contributed by atoms with Gasteiger partial charge in [-0.25, -0.2) is 13.8 Å². The van der Waals surface area contributed by atoms with Crippen LogP contribution in [0.1, 0.15) is 17.6 Å². The maximum absolute atomic E-state index is 12.5. The summed E-state index contributed by atoms with van der Waals surface area (Å²) in [6.45, 7) is 0. The molecule has 0 saturated carbocycles. The summed E-state index contributed by atoms with van der Waals surface area (Å²) in [5.41, 5.74) is -0.703. The van der Waals surface area contributed by atoms with Crippen LogP contribution in [0.3, 0.4) is 0 Å². The number of nitrogens with zero attached hydrogens (tertiary/aromatic N) is 1. The van der Waals surface area contributed by atoms with Crippen molar-refractivity contribution < 1.29 is 18.7 Å². The maximum atomic E-state index is 12.5. The van der Waals surface area contributed by atoms with Gasteiger partial charge in [-0.1, -0.05) is 23.2 Å². The van der Waals surface area contributed by atoms with E-state index < -0.39 is 24.4 Å². The van der Waals surface area contributed by atoms with Gasteiger partial charge in [0.05, 0.1) is 6.42 Å². The first-order valence-corrected chi connectivity index (χ1v) is 4.52. The monoisotopic (exact) mass is 255 g/mol. The van der Waals surface area contributed by atoms with E-state index in [0.29, 0.717) is 0 Å². The van der Waals surface area contributed by atoms with Crippen LogP contribution in [0.25, 0.3) is 0 Å². The summed E-state index contributed by atoms with van der Waals surface area (Å²) in [5, 5.41) is 8.01. The number of aromatic nitrogens is 1. The van der Waals surface area contributed by atoms with Crippen molar-refractivity contribution in [3.63, 3.8) is 0 Å². The molecular formula is C8H5Cl2F2NO2. The zero-order chi connectivity index (χ0) is 11.6. The van der Waals surface area contributed by atoms with E-state index in [-0.39, 0.29) is 15.9 Å². The molecule has 1 rings (SSSR count). The molecule has 0 unspecified atom stereocenters. The van der Waals surface area contributed by atoms with Crippen molar-refractivity contribution in [2.75, 3.05) is 0 Å². The zero-order valence-electron chi connectivity index (χ0n) is 7.18. The molecule has 0 aromatic carbocycles. The van der Waals surface area contributed by atoms with Crippen LogP contribution in [-0.2, 0) is 11.2 Å². The average Bonchev–Trinajstić information content (AvgIpc) is 2.08. The molecule has 0 amide bonds. The summed E-state index contributed by atoms with van der Waals surface area (Å²) in [4.78, 5) is 13.9. The van der Waals surface area contributed by atoms with E-state index >= 15 is 0 Å². The third-order valence-corrected chi connectivity index (χ3v) is 2.15. The van der Waals surface area contributed by atoms with Crippen molar-refractivity contribution in [2.24, 2.45) is 0 Å². The lowest BCUT2D eigenvalue weighted by Crippen LogP contribution is -2.06. The summed E-state index contributed by atoms with van der Waals surface area (Å²) in [6.07, 6.45) is -3.44. The Morgan fingerprint density at radius 1 is 1.53 bits per heavy atom. The Morgan fingerprint density at radius 2 is 2.13 bits per heavy atom. The van der Waals surface area contributed by atoms with E-state index in [1.54, 1.807) is 0 Å². The number of halogens is 4. The minimum Gasteiger partial charge on any atom is -0.481 e. The number of carbonyl (C=O) groups is 1. The lowest BCUT2D eigenvalue weighted by molar-refractivity contribution is -0.136. The van der Waals surface area contributed by atoms with Gasteiger partial charge in [-0.3, -0.25) is 4.79 Å². The van der Waals surface area contributed by atoms with E-state index in [1.807, 2.05) is 0 Å². The Kier molecular flexibility index (Phi) is 3.82. The topological polar surface area (TPSA) is 50.2 Å². The molecule has 0 fully saturated rings. The predicted molar refractivity (Wildman–Crippen MR) is 50.6 cm³/mol. The van der Waals surface area contributed by atoms with Crippen LogP contribution in [0.5, 0.6) is 0 Å². The van der Waals surface area contributed by atoms with Crippen molar-refractivity contribution in [3.05, 3.63) is 27.5 Å². The molecule has 3 nitrogen and oxygen atoms in total. The second-order valence-electron chi connectivity index (χ2n) is 2.67. The Morgan fingerprint density at radius 3 is 2.60 bits per heavy atom. The fourth-order valence-electron chi connectivity index (χ4n) is 1.05. The standard InChI is InChI=1S/C8H5Cl2F2NO2/c9-5-1-4(8(11)12)3(2-6(14)15)7(10)13-5/h1,8H,2H2,(H,14,15). The number of aliphatic carboxylic acids is 1. The summed E-state index contributed by atoms with van der Waals surface area (Å²) < 4.78 is 25.0. The molecule has 1 N–H and O–H groups in total. The molecule has 1 aromatic rings. The smallest absolute Gasteiger partial charge is 0.307 e. The van der Waals surface area contributed by atoms with Crippen LogP contribution < -0.4 is 0 Å². The Labute approximate surface area is 93.6 Å². The summed E-state index contributed by atoms with van der Waals surface area (Å²) >= 11 is 11.0. The van der Waals surface area contributed by atoms with Gasteiger partial charge in [0.1, 0.15) is 10.3 Å². The highest BCUT2D eigenvalue weighted by Crippen LogP contribution is 2.29. The predicted octanol–water partition coefficient (Wildman–Crippen LogP) is 2.95. The molecule has 0 saturated heterocycles. The van der Waals surface area contributed by atoms with Gasteiger partial charge < -0.3 is 5.11 Å². The number of rotatable bonds is 3. The first kappa shape index (κ1) is 12.1. The number of hydrogen-bond acceptors (Lipinski definition) is 2.